The molecule has 1 saturated heterocycles. The van der Waals surface area contributed by atoms with Crippen molar-refractivity contribution in [1.29, 1.82) is 0 Å². The van der Waals surface area contributed by atoms with Crippen molar-refractivity contribution in [1.82, 2.24) is 10.6 Å². The fourth-order valence-electron chi connectivity index (χ4n) is 2.84. The molecule has 6 heteroatoms. The van der Waals surface area contributed by atoms with Crippen LogP contribution in [0.5, 0.6) is 0 Å². The van der Waals surface area contributed by atoms with Gasteiger partial charge in [-0.25, -0.2) is 4.99 Å². The Hall–Kier alpha value is -1.63. The molecule has 1 fully saturated rings. The van der Waals surface area contributed by atoms with Gasteiger partial charge in [0.25, 0.3) is 0 Å². The van der Waals surface area contributed by atoms with Gasteiger partial charge in [0.15, 0.2) is 5.96 Å². The maximum Gasteiger partial charge on any atom is 0.191 e. The van der Waals surface area contributed by atoms with Crippen LogP contribution in [0.15, 0.2) is 29.3 Å². The van der Waals surface area contributed by atoms with E-state index in [0.717, 1.165) is 58.1 Å². The lowest BCUT2D eigenvalue weighted by Crippen LogP contribution is -2.38. The molecule has 1 atom stereocenters. The zero-order chi connectivity index (χ0) is 19.2. The van der Waals surface area contributed by atoms with E-state index in [0.29, 0.717) is 25.9 Å². The van der Waals surface area contributed by atoms with Crippen LogP contribution in [0.4, 0.5) is 0 Å². The van der Waals surface area contributed by atoms with Crippen molar-refractivity contribution < 1.29 is 14.2 Å². The summed E-state index contributed by atoms with van der Waals surface area (Å²) in [4.78, 5) is 4.66. The van der Waals surface area contributed by atoms with E-state index in [1.54, 1.807) is 0 Å². The Labute approximate surface area is 163 Å². The van der Waals surface area contributed by atoms with Crippen LogP contribution in [0.2, 0.25) is 0 Å². The number of rotatable bonds is 12. The molecule has 1 unspecified atom stereocenters. The van der Waals surface area contributed by atoms with E-state index in [1.807, 2.05) is 6.92 Å². The van der Waals surface area contributed by atoms with Crippen LogP contribution >= 0.6 is 0 Å². The molecule has 1 aromatic rings. The largest absolute Gasteiger partial charge is 0.379 e. The second kappa shape index (κ2) is 13.5. The summed E-state index contributed by atoms with van der Waals surface area (Å²) in [6, 6.07) is 8.43. The lowest BCUT2D eigenvalue weighted by Gasteiger charge is -2.13. The van der Waals surface area contributed by atoms with Gasteiger partial charge in [-0.3, -0.25) is 0 Å². The minimum atomic E-state index is 0.303. The van der Waals surface area contributed by atoms with Gasteiger partial charge in [-0.15, -0.1) is 0 Å². The average molecular weight is 378 g/mol. The van der Waals surface area contributed by atoms with Crippen molar-refractivity contribution in [2.75, 3.05) is 39.5 Å². The third kappa shape index (κ3) is 9.22. The third-order valence-electron chi connectivity index (χ3n) is 4.35. The predicted octanol–water partition coefficient (Wildman–Crippen LogP) is 2.86. The van der Waals surface area contributed by atoms with Gasteiger partial charge in [-0.2, -0.15) is 0 Å². The Morgan fingerprint density at radius 3 is 2.67 bits per heavy atom. The molecule has 2 rings (SSSR count). The van der Waals surface area contributed by atoms with E-state index in [9.17, 15) is 0 Å². The molecular weight excluding hydrogens is 342 g/mol. The Bertz CT molecular complexity index is 528. The normalized spacial score (nSPS) is 17.3. The number of guanidine groups is 1. The zero-order valence-corrected chi connectivity index (χ0v) is 16.8. The Morgan fingerprint density at radius 1 is 1.15 bits per heavy atom. The highest BCUT2D eigenvalue weighted by molar-refractivity contribution is 5.79. The minimum absolute atomic E-state index is 0.303. The van der Waals surface area contributed by atoms with Crippen LogP contribution < -0.4 is 10.6 Å². The molecule has 0 spiro atoms. The fourth-order valence-corrected chi connectivity index (χ4v) is 2.84. The first-order chi connectivity index (χ1) is 13.3. The SMILES string of the molecule is CCNC(=NCc1ccc(COCC)cc1)NCCCOCC1CCCO1. The summed E-state index contributed by atoms with van der Waals surface area (Å²) in [7, 11) is 0. The molecule has 27 heavy (non-hydrogen) atoms. The maximum atomic E-state index is 5.69. The summed E-state index contributed by atoms with van der Waals surface area (Å²) in [5, 5.41) is 6.65. The highest BCUT2D eigenvalue weighted by Gasteiger charge is 2.14. The van der Waals surface area contributed by atoms with Gasteiger partial charge in [0.05, 0.1) is 25.9 Å². The number of nitrogens with zero attached hydrogens (tertiary/aromatic N) is 1. The lowest BCUT2D eigenvalue weighted by atomic mass is 10.1. The molecule has 6 nitrogen and oxygen atoms in total. The van der Waals surface area contributed by atoms with Crippen LogP contribution in [0.3, 0.4) is 0 Å². The summed E-state index contributed by atoms with van der Waals surface area (Å²) in [6.07, 6.45) is 3.54. The van der Waals surface area contributed by atoms with Gasteiger partial charge >= 0.3 is 0 Å². The Balaban J connectivity index is 1.65. The van der Waals surface area contributed by atoms with Crippen molar-refractivity contribution in [3.63, 3.8) is 0 Å². The van der Waals surface area contributed by atoms with Crippen LogP contribution in [-0.2, 0) is 27.4 Å². The van der Waals surface area contributed by atoms with Gasteiger partial charge in [0.1, 0.15) is 0 Å². The molecule has 2 N–H and O–H groups in total. The van der Waals surface area contributed by atoms with Crippen LogP contribution in [0.1, 0.15) is 44.2 Å². The number of benzene rings is 1. The summed E-state index contributed by atoms with van der Waals surface area (Å²) in [5.74, 6) is 0.843. The molecule has 0 saturated carbocycles. The summed E-state index contributed by atoms with van der Waals surface area (Å²) in [6.45, 7) is 10.2. The van der Waals surface area contributed by atoms with Crippen molar-refractivity contribution >= 4 is 5.96 Å². The number of hydrogen-bond acceptors (Lipinski definition) is 4. The van der Waals surface area contributed by atoms with Gasteiger partial charge in [0.2, 0.25) is 0 Å². The molecule has 0 aromatic heterocycles. The van der Waals surface area contributed by atoms with E-state index in [2.05, 4.69) is 46.8 Å². The first-order valence-corrected chi connectivity index (χ1v) is 10.2. The molecular formula is C21H35N3O3. The van der Waals surface area contributed by atoms with Gasteiger partial charge in [0, 0.05) is 32.9 Å². The van der Waals surface area contributed by atoms with Gasteiger partial charge in [-0.05, 0) is 44.2 Å². The monoisotopic (exact) mass is 377 g/mol. The highest BCUT2D eigenvalue weighted by Crippen LogP contribution is 2.11. The first-order valence-electron chi connectivity index (χ1n) is 10.2. The Morgan fingerprint density at radius 2 is 1.96 bits per heavy atom. The maximum absolute atomic E-state index is 5.69. The quantitative estimate of drug-likeness (QED) is 0.333. The van der Waals surface area contributed by atoms with Crippen LogP contribution in [-0.4, -0.2) is 51.6 Å². The van der Waals surface area contributed by atoms with Gasteiger partial charge < -0.3 is 24.8 Å². The first kappa shape index (κ1) is 21.7. The molecule has 0 amide bonds. The Kier molecular flexibility index (Phi) is 10.9. The average Bonchev–Trinajstić information content (AvgIpc) is 3.21. The number of nitrogens with one attached hydrogen (secondary N) is 2. The molecule has 1 aromatic carbocycles. The van der Waals surface area contributed by atoms with E-state index in [1.165, 1.54) is 11.1 Å². The van der Waals surface area contributed by atoms with Crippen molar-refractivity contribution in [3.05, 3.63) is 35.4 Å². The summed E-state index contributed by atoms with van der Waals surface area (Å²) < 4.78 is 16.7. The van der Waals surface area contributed by atoms with Crippen molar-refractivity contribution in [2.45, 2.75) is 52.4 Å². The van der Waals surface area contributed by atoms with Crippen LogP contribution in [0, 0.1) is 0 Å². The van der Waals surface area contributed by atoms with E-state index < -0.39 is 0 Å². The molecule has 1 aliphatic heterocycles. The molecule has 1 heterocycles. The molecule has 152 valence electrons. The number of aliphatic imine (C=N–C) groups is 1. The number of hydrogen-bond donors (Lipinski definition) is 2. The summed E-state index contributed by atoms with van der Waals surface area (Å²) >= 11 is 0. The smallest absolute Gasteiger partial charge is 0.191 e. The van der Waals surface area contributed by atoms with E-state index >= 15 is 0 Å². The standard InChI is InChI=1S/C21H35N3O3/c1-3-22-21(23-12-6-13-26-17-20-7-5-14-27-20)24-15-18-8-10-19(11-9-18)16-25-4-2/h8-11,20H,3-7,12-17H2,1-2H3,(H2,22,23,24). The minimum Gasteiger partial charge on any atom is -0.379 e. The van der Waals surface area contributed by atoms with Gasteiger partial charge in [-0.1, -0.05) is 24.3 Å². The summed E-state index contributed by atoms with van der Waals surface area (Å²) in [5.41, 5.74) is 2.38. The van der Waals surface area contributed by atoms with E-state index in [4.69, 9.17) is 14.2 Å². The number of ether oxygens (including phenoxy) is 3. The molecule has 0 bridgehead atoms. The highest BCUT2D eigenvalue weighted by atomic mass is 16.5. The van der Waals surface area contributed by atoms with E-state index in [-0.39, 0.29) is 0 Å². The molecule has 0 aliphatic carbocycles. The zero-order valence-electron chi connectivity index (χ0n) is 16.8. The second-order valence-corrected chi connectivity index (χ2v) is 6.64. The van der Waals surface area contributed by atoms with Crippen LogP contribution in [0.25, 0.3) is 0 Å². The molecule has 1 aliphatic rings. The van der Waals surface area contributed by atoms with Crippen molar-refractivity contribution in [2.24, 2.45) is 4.99 Å². The second-order valence-electron chi connectivity index (χ2n) is 6.64. The fraction of sp³-hybridized carbons (Fsp3) is 0.667. The lowest BCUT2D eigenvalue weighted by molar-refractivity contribution is 0.0168. The topological polar surface area (TPSA) is 64.1 Å². The van der Waals surface area contributed by atoms with Crippen molar-refractivity contribution in [3.8, 4) is 0 Å². The third-order valence-corrected chi connectivity index (χ3v) is 4.35. The predicted molar refractivity (Wildman–Crippen MR) is 109 cm³/mol. The molecule has 0 radical (unpaired) electrons.